The molecule has 0 aliphatic heterocycles. The quantitative estimate of drug-likeness (QED) is 0.795. The highest BCUT2D eigenvalue weighted by Crippen LogP contribution is 2.28. The monoisotopic (exact) mass is 271 g/mol. The van der Waals surface area contributed by atoms with Crippen LogP contribution in [0.4, 0.5) is 0 Å². The lowest BCUT2D eigenvalue weighted by Crippen LogP contribution is -2.02. The van der Waals surface area contributed by atoms with E-state index in [1.54, 1.807) is 4.68 Å². The second-order valence-corrected chi connectivity index (χ2v) is 4.76. The topological polar surface area (TPSA) is 68.0 Å². The van der Waals surface area contributed by atoms with Crippen molar-refractivity contribution in [3.63, 3.8) is 0 Å². The second-order valence-electron chi connectivity index (χ2n) is 3.82. The van der Waals surface area contributed by atoms with Crippen molar-refractivity contribution in [2.24, 2.45) is 0 Å². The van der Waals surface area contributed by atoms with E-state index in [0.717, 1.165) is 10.6 Å². The fourth-order valence-corrected chi connectivity index (χ4v) is 2.57. The molecule has 0 bridgehead atoms. The first-order valence-corrected chi connectivity index (χ1v) is 6.43. The largest absolute Gasteiger partial charge is 0.476 e. The molecule has 0 spiro atoms. The minimum absolute atomic E-state index is 0.0358. The Bertz CT molecular complexity index is 705. The van der Waals surface area contributed by atoms with Gasteiger partial charge in [0.25, 0.3) is 0 Å². The van der Waals surface area contributed by atoms with Crippen molar-refractivity contribution in [1.82, 2.24) is 15.0 Å². The number of carbonyl (C=O) groups is 1. The van der Waals surface area contributed by atoms with Gasteiger partial charge >= 0.3 is 5.97 Å². The average Bonchev–Trinajstić information content (AvgIpc) is 3.08. The fourth-order valence-electron chi connectivity index (χ4n) is 1.81. The van der Waals surface area contributed by atoms with Gasteiger partial charge in [0.1, 0.15) is 5.69 Å². The van der Waals surface area contributed by atoms with Gasteiger partial charge in [-0.1, -0.05) is 29.5 Å². The molecule has 94 valence electrons. The number of hydrogen-bond acceptors (Lipinski definition) is 4. The van der Waals surface area contributed by atoms with E-state index in [4.69, 9.17) is 0 Å². The van der Waals surface area contributed by atoms with E-state index >= 15 is 0 Å². The first-order chi connectivity index (χ1) is 9.27. The van der Waals surface area contributed by atoms with Gasteiger partial charge in [-0.3, -0.25) is 0 Å². The number of benzene rings is 1. The summed E-state index contributed by atoms with van der Waals surface area (Å²) in [6, 6.07) is 13.1. The number of carboxylic acids is 1. The van der Waals surface area contributed by atoms with Crippen molar-refractivity contribution in [2.45, 2.75) is 0 Å². The zero-order valence-electron chi connectivity index (χ0n) is 9.72. The van der Waals surface area contributed by atoms with Crippen molar-refractivity contribution in [3.8, 4) is 16.3 Å². The zero-order chi connectivity index (χ0) is 13.2. The van der Waals surface area contributed by atoms with Crippen LogP contribution in [0.3, 0.4) is 0 Å². The molecule has 2 heterocycles. The molecule has 0 saturated heterocycles. The van der Waals surface area contributed by atoms with Crippen LogP contribution in [-0.4, -0.2) is 26.1 Å². The van der Waals surface area contributed by atoms with Gasteiger partial charge in [-0.05, 0) is 23.6 Å². The van der Waals surface area contributed by atoms with Gasteiger partial charge in [0, 0.05) is 0 Å². The molecule has 5 nitrogen and oxygen atoms in total. The van der Waals surface area contributed by atoms with E-state index in [9.17, 15) is 9.90 Å². The zero-order valence-corrected chi connectivity index (χ0v) is 10.5. The minimum Gasteiger partial charge on any atom is -0.476 e. The molecule has 0 unspecified atom stereocenters. The number of hydrogen-bond donors (Lipinski definition) is 1. The molecular formula is C13H9N3O2S. The Morgan fingerprint density at radius 1 is 1.16 bits per heavy atom. The first-order valence-electron chi connectivity index (χ1n) is 5.55. The third-order valence-electron chi connectivity index (χ3n) is 2.63. The second kappa shape index (κ2) is 4.66. The van der Waals surface area contributed by atoms with Crippen LogP contribution in [0.25, 0.3) is 16.3 Å². The molecule has 0 amide bonds. The van der Waals surface area contributed by atoms with Gasteiger partial charge in [-0.25, -0.2) is 9.48 Å². The molecule has 19 heavy (non-hydrogen) atoms. The Morgan fingerprint density at radius 2 is 1.95 bits per heavy atom. The third-order valence-corrected chi connectivity index (χ3v) is 3.50. The number of nitrogens with zero attached hydrogens (tertiary/aromatic N) is 3. The van der Waals surface area contributed by atoms with Crippen LogP contribution in [0.5, 0.6) is 0 Å². The van der Waals surface area contributed by atoms with Gasteiger partial charge in [0.15, 0.2) is 5.69 Å². The lowest BCUT2D eigenvalue weighted by Gasteiger charge is -2.04. The Kier molecular flexibility index (Phi) is 2.85. The summed E-state index contributed by atoms with van der Waals surface area (Å²) in [4.78, 5) is 12.1. The molecule has 3 aromatic rings. The number of rotatable bonds is 3. The molecule has 2 aromatic heterocycles. The fraction of sp³-hybridized carbons (Fsp3) is 0. The molecule has 0 aliphatic rings. The van der Waals surface area contributed by atoms with E-state index < -0.39 is 5.97 Å². The molecule has 0 radical (unpaired) electrons. The smallest absolute Gasteiger partial charge is 0.358 e. The molecule has 6 heteroatoms. The Labute approximate surface area is 112 Å². The van der Waals surface area contributed by atoms with Crippen LogP contribution < -0.4 is 0 Å². The van der Waals surface area contributed by atoms with Crippen molar-refractivity contribution >= 4 is 17.3 Å². The summed E-state index contributed by atoms with van der Waals surface area (Å²) in [5.74, 6) is -1.08. The van der Waals surface area contributed by atoms with Gasteiger partial charge in [0.2, 0.25) is 0 Å². The summed E-state index contributed by atoms with van der Waals surface area (Å²) in [5.41, 5.74) is 1.26. The number of thiophene rings is 1. The maximum atomic E-state index is 11.3. The number of aromatic nitrogens is 3. The lowest BCUT2D eigenvalue weighted by atomic mass is 10.2. The van der Waals surface area contributed by atoms with Crippen LogP contribution in [0.15, 0.2) is 47.8 Å². The number of aromatic carboxylic acids is 1. The van der Waals surface area contributed by atoms with Gasteiger partial charge in [0.05, 0.1) is 10.6 Å². The van der Waals surface area contributed by atoms with Crippen molar-refractivity contribution in [3.05, 3.63) is 53.5 Å². The van der Waals surface area contributed by atoms with Crippen LogP contribution in [0.1, 0.15) is 10.5 Å². The van der Waals surface area contributed by atoms with Crippen LogP contribution >= 0.6 is 11.3 Å². The SMILES string of the molecule is O=C(O)c1nnn(-c2ccccc2)c1-c1cccs1. The van der Waals surface area contributed by atoms with Gasteiger partial charge < -0.3 is 5.11 Å². The summed E-state index contributed by atoms with van der Waals surface area (Å²) in [7, 11) is 0. The Morgan fingerprint density at radius 3 is 2.58 bits per heavy atom. The molecular weight excluding hydrogens is 262 g/mol. The average molecular weight is 271 g/mol. The van der Waals surface area contributed by atoms with Crippen molar-refractivity contribution in [1.29, 1.82) is 0 Å². The molecule has 0 aliphatic carbocycles. The number of para-hydroxylation sites is 1. The van der Waals surface area contributed by atoms with Crippen LogP contribution in [-0.2, 0) is 0 Å². The maximum absolute atomic E-state index is 11.3. The number of carboxylic acid groups (broad SMARTS) is 1. The lowest BCUT2D eigenvalue weighted by molar-refractivity contribution is 0.0691. The summed E-state index contributed by atoms with van der Waals surface area (Å²) < 4.78 is 1.55. The van der Waals surface area contributed by atoms with E-state index in [0.29, 0.717) is 5.69 Å². The van der Waals surface area contributed by atoms with Crippen LogP contribution in [0.2, 0.25) is 0 Å². The van der Waals surface area contributed by atoms with Crippen molar-refractivity contribution in [2.75, 3.05) is 0 Å². The van der Waals surface area contributed by atoms with Crippen molar-refractivity contribution < 1.29 is 9.90 Å². The predicted octanol–water partition coefficient (Wildman–Crippen LogP) is 2.69. The molecule has 3 rings (SSSR count). The minimum atomic E-state index is -1.08. The van der Waals surface area contributed by atoms with Gasteiger partial charge in [-0.15, -0.1) is 16.4 Å². The van der Waals surface area contributed by atoms with E-state index in [2.05, 4.69) is 10.3 Å². The van der Waals surface area contributed by atoms with Gasteiger partial charge in [-0.2, -0.15) is 0 Å². The molecule has 0 fully saturated rings. The summed E-state index contributed by atoms with van der Waals surface area (Å²) >= 11 is 1.46. The predicted molar refractivity (Wildman–Crippen MR) is 71.6 cm³/mol. The molecule has 0 saturated carbocycles. The van der Waals surface area contributed by atoms with E-state index in [1.807, 2.05) is 47.8 Å². The third kappa shape index (κ3) is 2.02. The first kappa shape index (κ1) is 11.6. The highest BCUT2D eigenvalue weighted by atomic mass is 32.1. The highest BCUT2D eigenvalue weighted by Gasteiger charge is 2.21. The normalized spacial score (nSPS) is 10.5. The maximum Gasteiger partial charge on any atom is 0.358 e. The summed E-state index contributed by atoms with van der Waals surface area (Å²) in [5, 5.41) is 18.8. The molecule has 1 aromatic carbocycles. The summed E-state index contributed by atoms with van der Waals surface area (Å²) in [6.07, 6.45) is 0. The van der Waals surface area contributed by atoms with E-state index in [-0.39, 0.29) is 5.69 Å². The Hall–Kier alpha value is -2.47. The van der Waals surface area contributed by atoms with E-state index in [1.165, 1.54) is 11.3 Å². The Balaban J connectivity index is 2.24. The highest BCUT2D eigenvalue weighted by molar-refractivity contribution is 7.13. The molecule has 1 N–H and O–H groups in total. The van der Waals surface area contributed by atoms with Crippen LogP contribution in [0, 0.1) is 0 Å². The summed E-state index contributed by atoms with van der Waals surface area (Å²) in [6.45, 7) is 0. The molecule has 0 atom stereocenters. The standard InChI is InChI=1S/C13H9N3O2S/c17-13(18)11-12(10-7-4-8-19-10)16(15-14-11)9-5-2-1-3-6-9/h1-8H,(H,17,18).